The van der Waals surface area contributed by atoms with Crippen molar-refractivity contribution >= 4 is 11.9 Å². The predicted molar refractivity (Wildman–Crippen MR) is 137 cm³/mol. The Morgan fingerprint density at radius 3 is 2.32 bits per heavy atom. The van der Waals surface area contributed by atoms with E-state index in [9.17, 15) is 4.79 Å². The van der Waals surface area contributed by atoms with Crippen LogP contribution in [0.2, 0.25) is 0 Å². The number of hydrogen-bond acceptors (Lipinski definition) is 8. The number of ether oxygens (including phenoxy) is 3. The van der Waals surface area contributed by atoms with Gasteiger partial charge in [-0.05, 0) is 53.1 Å². The first-order valence-corrected chi connectivity index (χ1v) is 12.0. The van der Waals surface area contributed by atoms with E-state index in [1.54, 1.807) is 4.68 Å². The van der Waals surface area contributed by atoms with E-state index in [4.69, 9.17) is 14.2 Å². The second kappa shape index (κ2) is 10.9. The SMILES string of the molecule is CCOc1cc(C2C(C(=O)OCc3ccccc3)=C(C)Nc3nnnn32)ccc1OCc1ccccc1. The molecule has 0 fully saturated rings. The van der Waals surface area contributed by atoms with Crippen LogP contribution in [0.25, 0.3) is 0 Å². The minimum absolute atomic E-state index is 0.155. The van der Waals surface area contributed by atoms with Gasteiger partial charge < -0.3 is 19.5 Å². The molecule has 188 valence electrons. The van der Waals surface area contributed by atoms with Gasteiger partial charge in [0.2, 0.25) is 5.95 Å². The van der Waals surface area contributed by atoms with Crippen LogP contribution in [0.4, 0.5) is 5.95 Å². The first-order valence-electron chi connectivity index (χ1n) is 12.0. The molecule has 0 aliphatic carbocycles. The summed E-state index contributed by atoms with van der Waals surface area (Å²) in [5, 5.41) is 15.1. The second-order valence-corrected chi connectivity index (χ2v) is 8.49. The van der Waals surface area contributed by atoms with Crippen LogP contribution in [0, 0.1) is 0 Å². The van der Waals surface area contributed by atoms with Crippen molar-refractivity contribution in [1.29, 1.82) is 0 Å². The standard InChI is InChI=1S/C28H27N5O4/c1-3-35-24-16-22(14-15-23(24)36-17-20-10-6-4-7-11-20)26-25(19(2)29-28-30-31-32-33(26)28)27(34)37-18-21-12-8-5-9-13-21/h4-16,26H,3,17-18H2,1-2H3,(H,29,30,32). The van der Waals surface area contributed by atoms with Crippen molar-refractivity contribution < 1.29 is 19.0 Å². The molecule has 0 saturated heterocycles. The van der Waals surface area contributed by atoms with Crippen molar-refractivity contribution in [3.8, 4) is 11.5 Å². The minimum atomic E-state index is -0.614. The maximum atomic E-state index is 13.4. The molecule has 5 rings (SSSR count). The average Bonchev–Trinajstić information content (AvgIpc) is 3.39. The summed E-state index contributed by atoms with van der Waals surface area (Å²) in [7, 11) is 0. The topological polar surface area (TPSA) is 100 Å². The van der Waals surface area contributed by atoms with Crippen molar-refractivity contribution in [2.45, 2.75) is 33.1 Å². The van der Waals surface area contributed by atoms with E-state index in [0.29, 0.717) is 41.9 Å². The molecule has 1 aromatic heterocycles. The molecule has 9 heteroatoms. The zero-order valence-corrected chi connectivity index (χ0v) is 20.6. The number of fused-ring (bicyclic) bond motifs is 1. The maximum absolute atomic E-state index is 13.4. The summed E-state index contributed by atoms with van der Waals surface area (Å²) in [5.74, 6) is 1.15. The number of anilines is 1. The maximum Gasteiger partial charge on any atom is 0.338 e. The van der Waals surface area contributed by atoms with Gasteiger partial charge in [0.25, 0.3) is 0 Å². The normalized spacial score (nSPS) is 14.5. The third kappa shape index (κ3) is 5.30. The Kier molecular flexibility index (Phi) is 7.12. The molecular formula is C28H27N5O4. The highest BCUT2D eigenvalue weighted by atomic mass is 16.5. The predicted octanol–water partition coefficient (Wildman–Crippen LogP) is 4.68. The van der Waals surface area contributed by atoms with Crippen LogP contribution in [0.5, 0.6) is 11.5 Å². The molecule has 1 aliphatic rings. The molecule has 9 nitrogen and oxygen atoms in total. The van der Waals surface area contributed by atoms with Crippen LogP contribution in [-0.2, 0) is 22.7 Å². The molecule has 4 aromatic rings. The van der Waals surface area contributed by atoms with Crippen molar-refractivity contribution in [2.75, 3.05) is 11.9 Å². The number of benzene rings is 3. The molecule has 2 heterocycles. The van der Waals surface area contributed by atoms with Gasteiger partial charge in [-0.25, -0.2) is 4.79 Å². The average molecular weight is 498 g/mol. The van der Waals surface area contributed by atoms with Gasteiger partial charge in [0.1, 0.15) is 19.3 Å². The van der Waals surface area contributed by atoms with E-state index in [1.807, 2.05) is 92.7 Å². The van der Waals surface area contributed by atoms with E-state index >= 15 is 0 Å². The van der Waals surface area contributed by atoms with Crippen LogP contribution in [0.1, 0.15) is 36.6 Å². The molecule has 1 atom stereocenters. The van der Waals surface area contributed by atoms with Crippen LogP contribution >= 0.6 is 0 Å². The fourth-order valence-corrected chi connectivity index (χ4v) is 4.20. The van der Waals surface area contributed by atoms with Crippen LogP contribution in [-0.4, -0.2) is 32.8 Å². The lowest BCUT2D eigenvalue weighted by Crippen LogP contribution is -2.29. The molecule has 37 heavy (non-hydrogen) atoms. The largest absolute Gasteiger partial charge is 0.490 e. The third-order valence-electron chi connectivity index (χ3n) is 5.97. The van der Waals surface area contributed by atoms with Gasteiger partial charge in [0.05, 0.1) is 12.2 Å². The monoisotopic (exact) mass is 497 g/mol. The zero-order chi connectivity index (χ0) is 25.6. The number of rotatable bonds is 9. The van der Waals surface area contributed by atoms with E-state index < -0.39 is 12.0 Å². The van der Waals surface area contributed by atoms with Gasteiger partial charge in [0, 0.05) is 5.70 Å². The van der Waals surface area contributed by atoms with E-state index in [2.05, 4.69) is 20.8 Å². The summed E-state index contributed by atoms with van der Waals surface area (Å²) >= 11 is 0. The molecule has 0 radical (unpaired) electrons. The van der Waals surface area contributed by atoms with E-state index in [1.165, 1.54) is 0 Å². The van der Waals surface area contributed by atoms with Crippen molar-refractivity contribution in [2.24, 2.45) is 0 Å². The summed E-state index contributed by atoms with van der Waals surface area (Å²) in [4.78, 5) is 13.4. The Hall–Kier alpha value is -4.66. The molecule has 0 saturated carbocycles. The van der Waals surface area contributed by atoms with Gasteiger partial charge >= 0.3 is 5.97 Å². The number of tetrazole rings is 1. The number of carbonyl (C=O) groups excluding carboxylic acids is 1. The lowest BCUT2D eigenvalue weighted by molar-refractivity contribution is -0.140. The fraction of sp³-hybridized carbons (Fsp3) is 0.214. The number of hydrogen-bond donors (Lipinski definition) is 1. The molecule has 1 N–H and O–H groups in total. The summed E-state index contributed by atoms with van der Waals surface area (Å²) in [6.07, 6.45) is 0. The molecule has 0 spiro atoms. The highest BCUT2D eigenvalue weighted by Gasteiger charge is 2.35. The molecule has 1 aliphatic heterocycles. The number of nitrogens with zero attached hydrogens (tertiary/aromatic N) is 4. The number of aromatic nitrogens is 4. The first-order chi connectivity index (χ1) is 18.1. The zero-order valence-electron chi connectivity index (χ0n) is 20.6. The highest BCUT2D eigenvalue weighted by Crippen LogP contribution is 2.39. The molecule has 0 bridgehead atoms. The molecule has 0 amide bonds. The second-order valence-electron chi connectivity index (χ2n) is 8.49. The lowest BCUT2D eigenvalue weighted by Gasteiger charge is -2.28. The molecule has 3 aromatic carbocycles. The van der Waals surface area contributed by atoms with Crippen LogP contribution in [0.15, 0.2) is 90.1 Å². The molecule has 1 unspecified atom stereocenters. The smallest absolute Gasteiger partial charge is 0.338 e. The minimum Gasteiger partial charge on any atom is -0.490 e. The number of allylic oxidation sites excluding steroid dienone is 1. The van der Waals surface area contributed by atoms with Crippen molar-refractivity contribution in [3.05, 3.63) is 107 Å². The Morgan fingerprint density at radius 1 is 0.919 bits per heavy atom. The fourth-order valence-electron chi connectivity index (χ4n) is 4.20. The van der Waals surface area contributed by atoms with Gasteiger partial charge in [0.15, 0.2) is 11.5 Å². The van der Waals surface area contributed by atoms with E-state index in [-0.39, 0.29) is 6.61 Å². The quantitative estimate of drug-likeness (QED) is 0.333. The molecular weight excluding hydrogens is 470 g/mol. The van der Waals surface area contributed by atoms with Crippen molar-refractivity contribution in [1.82, 2.24) is 20.2 Å². The summed E-state index contributed by atoms with van der Waals surface area (Å²) in [6.45, 7) is 4.73. The third-order valence-corrected chi connectivity index (χ3v) is 5.97. The number of carbonyl (C=O) groups is 1. The Morgan fingerprint density at radius 2 is 1.62 bits per heavy atom. The van der Waals surface area contributed by atoms with Gasteiger partial charge in [-0.1, -0.05) is 71.8 Å². The number of nitrogens with one attached hydrogen (secondary N) is 1. The summed E-state index contributed by atoms with van der Waals surface area (Å²) in [5.41, 5.74) is 3.74. The van der Waals surface area contributed by atoms with Gasteiger partial charge in [-0.3, -0.25) is 0 Å². The summed E-state index contributed by atoms with van der Waals surface area (Å²) < 4.78 is 19.3. The Labute approximate surface area is 214 Å². The first kappa shape index (κ1) is 24.1. The highest BCUT2D eigenvalue weighted by molar-refractivity contribution is 5.92. The Bertz CT molecular complexity index is 1400. The van der Waals surface area contributed by atoms with Gasteiger partial charge in [-0.15, -0.1) is 0 Å². The lowest BCUT2D eigenvalue weighted by atomic mass is 9.95. The van der Waals surface area contributed by atoms with Gasteiger partial charge in [-0.2, -0.15) is 4.68 Å². The van der Waals surface area contributed by atoms with Crippen LogP contribution in [0.3, 0.4) is 0 Å². The van der Waals surface area contributed by atoms with E-state index in [0.717, 1.165) is 16.7 Å². The summed E-state index contributed by atoms with van der Waals surface area (Å²) in [6, 6.07) is 24.5. The van der Waals surface area contributed by atoms with Crippen LogP contribution < -0.4 is 14.8 Å². The van der Waals surface area contributed by atoms with Crippen molar-refractivity contribution in [3.63, 3.8) is 0 Å². The Balaban J connectivity index is 1.45. The number of esters is 1.